The first-order valence-corrected chi connectivity index (χ1v) is 4.48. The van der Waals surface area contributed by atoms with Crippen LogP contribution in [0, 0.1) is 32.7 Å². The van der Waals surface area contributed by atoms with Crippen molar-refractivity contribution >= 4 is 22.9 Å². The van der Waals surface area contributed by atoms with Crippen molar-refractivity contribution in [3.63, 3.8) is 0 Å². The number of nitrogens with zero attached hydrogens (tertiary/aromatic N) is 3. The topological polar surface area (TPSA) is 141 Å². The molecule has 0 spiro atoms. The van der Waals surface area contributed by atoms with E-state index in [2.05, 4.69) is 10.5 Å². The molecular formula is C9H7FN6O2. The maximum Gasteiger partial charge on any atom is 0.304 e. The molecule has 0 saturated heterocycles. The molecule has 8 nitrogen and oxygen atoms in total. The van der Waals surface area contributed by atoms with E-state index < -0.39 is 22.3 Å². The first-order chi connectivity index (χ1) is 8.45. The summed E-state index contributed by atoms with van der Waals surface area (Å²) in [4.78, 5) is 9.50. The lowest BCUT2D eigenvalue weighted by atomic mass is 10.3. The fourth-order valence-corrected chi connectivity index (χ4v) is 0.990. The maximum absolute atomic E-state index is 13.2. The highest BCUT2D eigenvalue weighted by Gasteiger charge is 2.13. The summed E-state index contributed by atoms with van der Waals surface area (Å²) in [6, 6.07) is 4.56. The summed E-state index contributed by atoms with van der Waals surface area (Å²) < 4.78 is 13.2. The third kappa shape index (κ3) is 2.99. The quantitative estimate of drug-likeness (QED) is 0.316. The number of hydrogen-bond acceptors (Lipinski definition) is 6. The van der Waals surface area contributed by atoms with Gasteiger partial charge in [0, 0.05) is 12.1 Å². The van der Waals surface area contributed by atoms with Crippen LogP contribution in [0.4, 0.5) is 15.8 Å². The summed E-state index contributed by atoms with van der Waals surface area (Å²) in [6.07, 6.45) is 0. The van der Waals surface area contributed by atoms with E-state index in [1.54, 1.807) is 6.07 Å². The molecule has 18 heavy (non-hydrogen) atoms. The standard InChI is InChI=1S/C9H7FN6O2/c10-6-3-5(1-2-8(6)16(17)18)14-15-7(4-11)9(12)13/h1-3,14H,(H3,12,13)/b15-7+. The number of nitro benzene ring substituents is 1. The van der Waals surface area contributed by atoms with Gasteiger partial charge in [0.15, 0.2) is 5.84 Å². The highest BCUT2D eigenvalue weighted by Crippen LogP contribution is 2.20. The Hall–Kier alpha value is -3.02. The Bertz CT molecular complexity index is 577. The number of halogens is 1. The molecule has 4 N–H and O–H groups in total. The Balaban J connectivity index is 2.95. The molecule has 0 amide bonds. The second-order valence-electron chi connectivity index (χ2n) is 3.02. The molecule has 1 rings (SSSR count). The molecule has 0 aromatic heterocycles. The molecule has 9 heteroatoms. The lowest BCUT2D eigenvalue weighted by Gasteiger charge is -2.01. The van der Waals surface area contributed by atoms with Gasteiger partial charge in [-0.2, -0.15) is 14.8 Å². The number of hydrazone groups is 1. The van der Waals surface area contributed by atoms with Gasteiger partial charge in [-0.1, -0.05) is 0 Å². The lowest BCUT2D eigenvalue weighted by Crippen LogP contribution is -2.21. The Morgan fingerprint density at radius 1 is 1.67 bits per heavy atom. The van der Waals surface area contributed by atoms with E-state index in [9.17, 15) is 14.5 Å². The van der Waals surface area contributed by atoms with Crippen LogP contribution in [0.15, 0.2) is 23.3 Å². The number of anilines is 1. The molecule has 0 aliphatic heterocycles. The van der Waals surface area contributed by atoms with E-state index in [-0.39, 0.29) is 11.4 Å². The zero-order chi connectivity index (χ0) is 13.7. The monoisotopic (exact) mass is 250 g/mol. The first-order valence-electron chi connectivity index (χ1n) is 4.48. The molecule has 1 aromatic carbocycles. The van der Waals surface area contributed by atoms with Gasteiger partial charge in [-0.15, -0.1) is 0 Å². The molecule has 92 valence electrons. The Morgan fingerprint density at radius 2 is 2.33 bits per heavy atom. The number of amidine groups is 1. The molecule has 0 aliphatic rings. The summed E-state index contributed by atoms with van der Waals surface area (Å²) >= 11 is 0. The molecule has 0 fully saturated rings. The van der Waals surface area contributed by atoms with Gasteiger partial charge in [-0.05, 0) is 6.07 Å². The Kier molecular flexibility index (Phi) is 3.88. The highest BCUT2D eigenvalue weighted by atomic mass is 19.1. The third-order valence-electron chi connectivity index (χ3n) is 1.80. The molecule has 0 atom stereocenters. The number of nitriles is 1. The van der Waals surface area contributed by atoms with E-state index in [0.29, 0.717) is 0 Å². The van der Waals surface area contributed by atoms with Gasteiger partial charge in [0.1, 0.15) is 6.07 Å². The zero-order valence-corrected chi connectivity index (χ0v) is 8.85. The van der Waals surface area contributed by atoms with E-state index >= 15 is 0 Å². The van der Waals surface area contributed by atoms with E-state index in [4.69, 9.17) is 16.4 Å². The van der Waals surface area contributed by atoms with Crippen molar-refractivity contribution in [2.75, 3.05) is 5.43 Å². The molecule has 0 heterocycles. The second kappa shape index (κ2) is 5.35. The van der Waals surface area contributed by atoms with Gasteiger partial charge in [0.2, 0.25) is 11.5 Å². The molecule has 0 saturated carbocycles. The summed E-state index contributed by atoms with van der Waals surface area (Å²) in [7, 11) is 0. The van der Waals surface area contributed by atoms with Gasteiger partial charge in [0.25, 0.3) is 0 Å². The van der Waals surface area contributed by atoms with Gasteiger partial charge >= 0.3 is 5.69 Å². The minimum absolute atomic E-state index is 0.0899. The fourth-order valence-electron chi connectivity index (χ4n) is 0.990. The summed E-state index contributed by atoms with van der Waals surface area (Å²) in [5.41, 5.74) is 6.34. The number of nitrogens with two attached hydrogens (primary N) is 1. The third-order valence-corrected chi connectivity index (χ3v) is 1.80. The van der Waals surface area contributed by atoms with Crippen molar-refractivity contribution in [2.24, 2.45) is 10.8 Å². The van der Waals surface area contributed by atoms with Crippen molar-refractivity contribution in [3.8, 4) is 6.07 Å². The van der Waals surface area contributed by atoms with Crippen molar-refractivity contribution in [2.45, 2.75) is 0 Å². The first kappa shape index (κ1) is 13.0. The number of benzene rings is 1. The van der Waals surface area contributed by atoms with E-state index in [1.807, 2.05) is 0 Å². The van der Waals surface area contributed by atoms with Crippen molar-refractivity contribution in [1.82, 2.24) is 0 Å². The minimum atomic E-state index is -1.04. The SMILES string of the molecule is N#C/C(=N\Nc1ccc([N+](=O)[O-])c(F)c1)C(=N)N. The molecular weight excluding hydrogens is 243 g/mol. The summed E-state index contributed by atoms with van der Waals surface area (Å²) in [5, 5.41) is 29.3. The van der Waals surface area contributed by atoms with Gasteiger partial charge in [-0.25, -0.2) is 0 Å². The number of hydrogen-bond donors (Lipinski definition) is 3. The van der Waals surface area contributed by atoms with Crippen molar-refractivity contribution in [3.05, 3.63) is 34.1 Å². The van der Waals surface area contributed by atoms with E-state index in [0.717, 1.165) is 12.1 Å². The zero-order valence-electron chi connectivity index (χ0n) is 8.85. The van der Waals surface area contributed by atoms with Gasteiger partial charge in [0.05, 0.1) is 10.6 Å². The highest BCUT2D eigenvalue weighted by molar-refractivity contribution is 6.45. The molecule has 1 aromatic rings. The van der Waals surface area contributed by atoms with Crippen LogP contribution < -0.4 is 11.2 Å². The van der Waals surface area contributed by atoms with Crippen LogP contribution in [0.25, 0.3) is 0 Å². The normalized spacial score (nSPS) is 10.6. The Labute approximate surface area is 100 Å². The van der Waals surface area contributed by atoms with Crippen molar-refractivity contribution < 1.29 is 9.31 Å². The van der Waals surface area contributed by atoms with Crippen LogP contribution in [-0.2, 0) is 0 Å². The summed E-state index contributed by atoms with van der Waals surface area (Å²) in [5.74, 6) is -1.59. The smallest absolute Gasteiger partial charge is 0.304 e. The average molecular weight is 250 g/mol. The Morgan fingerprint density at radius 3 is 2.78 bits per heavy atom. The lowest BCUT2D eigenvalue weighted by molar-refractivity contribution is -0.387. The molecule has 0 aliphatic carbocycles. The van der Waals surface area contributed by atoms with Crippen LogP contribution in [0.2, 0.25) is 0 Å². The maximum atomic E-state index is 13.2. The predicted octanol–water partition coefficient (Wildman–Crippen LogP) is 0.961. The molecule has 0 radical (unpaired) electrons. The van der Waals surface area contributed by atoms with Crippen LogP contribution in [-0.4, -0.2) is 16.5 Å². The van der Waals surface area contributed by atoms with Crippen LogP contribution in [0.5, 0.6) is 0 Å². The fraction of sp³-hybridized carbons (Fsp3) is 0. The van der Waals surface area contributed by atoms with Crippen LogP contribution >= 0.6 is 0 Å². The van der Waals surface area contributed by atoms with Gasteiger partial charge in [-0.3, -0.25) is 20.9 Å². The molecule has 0 unspecified atom stereocenters. The van der Waals surface area contributed by atoms with Gasteiger partial charge < -0.3 is 5.73 Å². The minimum Gasteiger partial charge on any atom is -0.382 e. The largest absolute Gasteiger partial charge is 0.382 e. The summed E-state index contributed by atoms with van der Waals surface area (Å²) in [6.45, 7) is 0. The number of nitrogens with one attached hydrogen (secondary N) is 2. The molecule has 0 bridgehead atoms. The predicted molar refractivity (Wildman–Crippen MR) is 61.6 cm³/mol. The average Bonchev–Trinajstić information content (AvgIpc) is 2.28. The van der Waals surface area contributed by atoms with Crippen molar-refractivity contribution in [1.29, 1.82) is 10.7 Å². The number of nitro groups is 1. The van der Waals surface area contributed by atoms with Crippen LogP contribution in [0.1, 0.15) is 0 Å². The number of rotatable bonds is 4. The second-order valence-corrected chi connectivity index (χ2v) is 3.02. The van der Waals surface area contributed by atoms with E-state index in [1.165, 1.54) is 6.07 Å². The van der Waals surface area contributed by atoms with Crippen LogP contribution in [0.3, 0.4) is 0 Å².